The molecule has 140 valence electrons. The van der Waals surface area contributed by atoms with Crippen molar-refractivity contribution in [3.05, 3.63) is 29.0 Å². The number of halogens is 2. The Kier molecular flexibility index (Phi) is 5.88. The van der Waals surface area contributed by atoms with E-state index in [0.29, 0.717) is 23.8 Å². The standard InChI is InChI=1S/C17H24ClFN2O3S/c1-25(22,23)24-17-5-3-2-4-16(17)21-10-8-20(9-11-21)15-7-6-13(18)12-14(15)19/h6-7,12,16-17H,2-5,8-11H2,1H3/t16-,17-/m0/s1. The van der Waals surface area contributed by atoms with Gasteiger partial charge >= 0.3 is 0 Å². The summed E-state index contributed by atoms with van der Waals surface area (Å²) in [5.74, 6) is -0.308. The van der Waals surface area contributed by atoms with E-state index in [-0.39, 0.29) is 18.0 Å². The highest BCUT2D eigenvalue weighted by Crippen LogP contribution is 2.29. The molecule has 1 saturated heterocycles. The summed E-state index contributed by atoms with van der Waals surface area (Å²) < 4.78 is 42.5. The third-order valence-electron chi connectivity index (χ3n) is 5.00. The molecule has 1 aromatic rings. The maximum absolute atomic E-state index is 14.1. The Hall–Kier alpha value is -0.890. The zero-order chi connectivity index (χ0) is 18.0. The first kappa shape index (κ1) is 18.9. The van der Waals surface area contributed by atoms with Crippen molar-refractivity contribution in [2.75, 3.05) is 37.3 Å². The second-order valence-electron chi connectivity index (χ2n) is 6.81. The predicted molar refractivity (Wildman–Crippen MR) is 97.2 cm³/mol. The molecule has 0 unspecified atom stereocenters. The lowest BCUT2D eigenvalue weighted by Crippen LogP contribution is -2.55. The van der Waals surface area contributed by atoms with E-state index in [0.717, 1.165) is 45.0 Å². The van der Waals surface area contributed by atoms with Crippen molar-refractivity contribution in [1.82, 2.24) is 4.90 Å². The molecule has 25 heavy (non-hydrogen) atoms. The second-order valence-corrected chi connectivity index (χ2v) is 8.85. The van der Waals surface area contributed by atoms with Crippen LogP contribution in [0.25, 0.3) is 0 Å². The Morgan fingerprint density at radius 2 is 1.84 bits per heavy atom. The Morgan fingerprint density at radius 1 is 1.16 bits per heavy atom. The minimum atomic E-state index is -3.46. The topological polar surface area (TPSA) is 49.9 Å². The third-order valence-corrected chi connectivity index (χ3v) is 5.83. The van der Waals surface area contributed by atoms with Crippen LogP contribution in [0.15, 0.2) is 18.2 Å². The molecule has 1 aliphatic heterocycles. The summed E-state index contributed by atoms with van der Waals surface area (Å²) in [6.07, 6.45) is 4.62. The van der Waals surface area contributed by atoms with Crippen LogP contribution in [-0.2, 0) is 14.3 Å². The predicted octanol–water partition coefficient (Wildman–Crippen LogP) is 2.89. The first-order valence-electron chi connectivity index (χ1n) is 8.66. The Balaban J connectivity index is 1.64. The second kappa shape index (κ2) is 7.78. The van der Waals surface area contributed by atoms with Crippen LogP contribution < -0.4 is 4.90 Å². The van der Waals surface area contributed by atoms with Crippen molar-refractivity contribution in [2.24, 2.45) is 0 Å². The zero-order valence-corrected chi connectivity index (χ0v) is 15.9. The molecule has 8 heteroatoms. The van der Waals surface area contributed by atoms with Gasteiger partial charge in [-0.2, -0.15) is 8.42 Å². The fourth-order valence-corrected chi connectivity index (χ4v) is 4.70. The van der Waals surface area contributed by atoms with E-state index >= 15 is 0 Å². The van der Waals surface area contributed by atoms with Crippen LogP contribution in [0.2, 0.25) is 5.02 Å². The summed E-state index contributed by atoms with van der Waals surface area (Å²) in [5, 5.41) is 0.392. The SMILES string of the molecule is CS(=O)(=O)O[C@H]1CCCC[C@@H]1N1CCN(c2ccc(Cl)cc2F)CC1. The van der Waals surface area contributed by atoms with Crippen LogP contribution in [0.5, 0.6) is 0 Å². The van der Waals surface area contributed by atoms with Gasteiger partial charge < -0.3 is 4.90 Å². The Labute approximate surface area is 153 Å². The van der Waals surface area contributed by atoms with Crippen molar-refractivity contribution < 1.29 is 17.0 Å². The van der Waals surface area contributed by atoms with Gasteiger partial charge in [-0.15, -0.1) is 0 Å². The van der Waals surface area contributed by atoms with Gasteiger partial charge in [-0.05, 0) is 31.0 Å². The molecule has 0 aromatic heterocycles. The van der Waals surface area contributed by atoms with Crippen molar-refractivity contribution >= 4 is 27.4 Å². The number of piperazine rings is 1. The summed E-state index contributed by atoms with van der Waals surface area (Å²) in [4.78, 5) is 4.30. The van der Waals surface area contributed by atoms with Crippen molar-refractivity contribution in [3.8, 4) is 0 Å². The first-order chi connectivity index (χ1) is 11.8. The molecule has 2 fully saturated rings. The van der Waals surface area contributed by atoms with Crippen LogP contribution in [-0.4, -0.2) is 57.9 Å². The summed E-state index contributed by atoms with van der Waals surface area (Å²) in [6, 6.07) is 4.86. The largest absolute Gasteiger partial charge is 0.367 e. The smallest absolute Gasteiger partial charge is 0.264 e. The molecule has 1 heterocycles. The maximum Gasteiger partial charge on any atom is 0.264 e. The molecule has 5 nitrogen and oxygen atoms in total. The molecule has 1 aromatic carbocycles. The average Bonchev–Trinajstić information content (AvgIpc) is 2.54. The van der Waals surface area contributed by atoms with E-state index in [9.17, 15) is 12.8 Å². The van der Waals surface area contributed by atoms with Gasteiger partial charge in [-0.25, -0.2) is 4.39 Å². The lowest BCUT2D eigenvalue weighted by molar-refractivity contribution is 0.0373. The number of benzene rings is 1. The van der Waals surface area contributed by atoms with Crippen LogP contribution in [0.3, 0.4) is 0 Å². The zero-order valence-electron chi connectivity index (χ0n) is 14.3. The van der Waals surface area contributed by atoms with Gasteiger partial charge in [0.05, 0.1) is 18.0 Å². The van der Waals surface area contributed by atoms with Gasteiger partial charge in [0.2, 0.25) is 0 Å². The Morgan fingerprint density at radius 3 is 2.48 bits per heavy atom. The number of hydrogen-bond donors (Lipinski definition) is 0. The van der Waals surface area contributed by atoms with Crippen LogP contribution in [0.4, 0.5) is 10.1 Å². The third kappa shape index (κ3) is 4.84. The molecule has 0 amide bonds. The highest BCUT2D eigenvalue weighted by atomic mass is 35.5. The summed E-state index contributed by atoms with van der Waals surface area (Å²) in [7, 11) is -3.46. The molecular weight excluding hydrogens is 367 g/mol. The van der Waals surface area contributed by atoms with Gasteiger partial charge in [0.1, 0.15) is 5.82 Å². The fraction of sp³-hybridized carbons (Fsp3) is 0.647. The van der Waals surface area contributed by atoms with Gasteiger partial charge in [0, 0.05) is 37.2 Å². The number of rotatable bonds is 4. The van der Waals surface area contributed by atoms with Gasteiger partial charge in [-0.1, -0.05) is 24.4 Å². The first-order valence-corrected chi connectivity index (χ1v) is 10.9. The van der Waals surface area contributed by atoms with Crippen LogP contribution in [0.1, 0.15) is 25.7 Å². The Bertz CT molecular complexity index is 708. The van der Waals surface area contributed by atoms with Crippen molar-refractivity contribution in [3.63, 3.8) is 0 Å². The average molecular weight is 391 g/mol. The minimum Gasteiger partial charge on any atom is -0.367 e. The number of hydrogen-bond acceptors (Lipinski definition) is 5. The molecule has 1 aliphatic carbocycles. The lowest BCUT2D eigenvalue weighted by atomic mass is 9.91. The highest BCUT2D eigenvalue weighted by molar-refractivity contribution is 7.86. The van der Waals surface area contributed by atoms with E-state index in [1.54, 1.807) is 12.1 Å². The van der Waals surface area contributed by atoms with E-state index in [1.807, 2.05) is 4.90 Å². The van der Waals surface area contributed by atoms with E-state index < -0.39 is 10.1 Å². The summed E-state index contributed by atoms with van der Waals surface area (Å²) in [6.45, 7) is 2.91. The number of nitrogens with zero attached hydrogens (tertiary/aromatic N) is 2. The molecule has 2 aliphatic rings. The molecule has 0 spiro atoms. The van der Waals surface area contributed by atoms with E-state index in [2.05, 4.69) is 4.90 Å². The molecule has 3 rings (SSSR count). The number of anilines is 1. The molecule has 0 N–H and O–H groups in total. The quantitative estimate of drug-likeness (QED) is 0.740. The van der Waals surface area contributed by atoms with E-state index in [4.69, 9.17) is 15.8 Å². The molecule has 0 radical (unpaired) electrons. The monoisotopic (exact) mass is 390 g/mol. The highest BCUT2D eigenvalue weighted by Gasteiger charge is 2.34. The van der Waals surface area contributed by atoms with Crippen molar-refractivity contribution in [2.45, 2.75) is 37.8 Å². The molecule has 1 saturated carbocycles. The summed E-state index contributed by atoms with van der Waals surface area (Å²) >= 11 is 5.82. The normalized spacial score (nSPS) is 26.0. The van der Waals surface area contributed by atoms with E-state index in [1.165, 1.54) is 6.07 Å². The van der Waals surface area contributed by atoms with Gasteiger partial charge in [0.25, 0.3) is 10.1 Å². The minimum absolute atomic E-state index is 0.112. The maximum atomic E-state index is 14.1. The van der Waals surface area contributed by atoms with Crippen LogP contribution in [0, 0.1) is 5.82 Å². The molecule has 0 bridgehead atoms. The van der Waals surface area contributed by atoms with Gasteiger partial charge in [-0.3, -0.25) is 9.08 Å². The van der Waals surface area contributed by atoms with Crippen molar-refractivity contribution in [1.29, 1.82) is 0 Å². The van der Waals surface area contributed by atoms with Crippen LogP contribution >= 0.6 is 11.6 Å². The molecule has 2 atom stereocenters. The van der Waals surface area contributed by atoms with Gasteiger partial charge in [0.15, 0.2) is 0 Å². The summed E-state index contributed by atoms with van der Waals surface area (Å²) in [5.41, 5.74) is 0.566. The molecular formula is C17H24ClFN2O3S. The lowest BCUT2D eigenvalue weighted by Gasteiger charge is -2.44. The fourth-order valence-electron chi connectivity index (χ4n) is 3.86.